The van der Waals surface area contributed by atoms with Crippen molar-refractivity contribution in [2.45, 2.75) is 20.0 Å². The molecule has 0 heterocycles. The van der Waals surface area contributed by atoms with Crippen LogP contribution in [0.5, 0.6) is 11.5 Å². The molecule has 0 aliphatic carbocycles. The van der Waals surface area contributed by atoms with Gasteiger partial charge < -0.3 is 9.47 Å². The lowest BCUT2D eigenvalue weighted by atomic mass is 10.3. The van der Waals surface area contributed by atoms with Gasteiger partial charge in [0.05, 0.1) is 6.10 Å². The molecule has 1 aromatic carbocycles. The Kier molecular flexibility index (Phi) is 4.05. The molecule has 76 valence electrons. The molecule has 0 radical (unpaired) electrons. The molecule has 1 aromatic rings. The van der Waals surface area contributed by atoms with Gasteiger partial charge in [0.2, 0.25) is 0 Å². The summed E-state index contributed by atoms with van der Waals surface area (Å²) in [6.07, 6.45) is 1.90. The van der Waals surface area contributed by atoms with Gasteiger partial charge in [-0.05, 0) is 26.0 Å². The number of hydrogen-bond donors (Lipinski definition) is 0. The van der Waals surface area contributed by atoms with E-state index in [2.05, 4.69) is 6.58 Å². The molecule has 0 saturated carbocycles. The third-order valence-electron chi connectivity index (χ3n) is 1.55. The third-order valence-corrected chi connectivity index (χ3v) is 1.55. The lowest BCUT2D eigenvalue weighted by Crippen LogP contribution is -2.05. The Labute approximate surface area is 85.2 Å². The first-order valence-corrected chi connectivity index (χ1v) is 4.73. The van der Waals surface area contributed by atoms with Crippen LogP contribution in [0.2, 0.25) is 0 Å². The van der Waals surface area contributed by atoms with Gasteiger partial charge in [0.25, 0.3) is 0 Å². The molecule has 0 amide bonds. The van der Waals surface area contributed by atoms with E-state index < -0.39 is 0 Å². The Morgan fingerprint density at radius 1 is 1.36 bits per heavy atom. The quantitative estimate of drug-likeness (QED) is 0.667. The minimum atomic E-state index is 0.185. The maximum Gasteiger partial charge on any atom is 0.123 e. The summed E-state index contributed by atoms with van der Waals surface area (Å²) < 4.78 is 10.9. The van der Waals surface area contributed by atoms with Crippen LogP contribution in [0.25, 0.3) is 0 Å². The first-order chi connectivity index (χ1) is 6.72. The Morgan fingerprint density at radius 3 is 2.71 bits per heavy atom. The summed E-state index contributed by atoms with van der Waals surface area (Å²) in [6.45, 7) is 8.10. The molecule has 0 N–H and O–H groups in total. The van der Waals surface area contributed by atoms with Gasteiger partial charge in [-0.1, -0.05) is 18.7 Å². The zero-order valence-electron chi connectivity index (χ0n) is 8.69. The van der Waals surface area contributed by atoms with Crippen molar-refractivity contribution >= 4 is 0 Å². The first-order valence-electron chi connectivity index (χ1n) is 4.73. The molecule has 0 aliphatic heterocycles. The molecule has 0 spiro atoms. The zero-order valence-corrected chi connectivity index (χ0v) is 8.69. The maximum atomic E-state index is 5.53. The predicted octanol–water partition coefficient (Wildman–Crippen LogP) is 3.04. The Balaban J connectivity index is 2.63. The minimum absolute atomic E-state index is 0.185. The normalized spacial score (nSPS) is 9.93. The molecule has 2 nitrogen and oxygen atoms in total. The van der Waals surface area contributed by atoms with Crippen molar-refractivity contribution < 1.29 is 9.47 Å². The molecule has 0 aromatic heterocycles. The van der Waals surface area contributed by atoms with E-state index in [1.54, 1.807) is 6.08 Å². The Bertz CT molecular complexity index is 292. The third kappa shape index (κ3) is 3.52. The van der Waals surface area contributed by atoms with Crippen LogP contribution in [0.4, 0.5) is 0 Å². The highest BCUT2D eigenvalue weighted by atomic mass is 16.5. The highest BCUT2D eigenvalue weighted by Gasteiger charge is 1.99. The van der Waals surface area contributed by atoms with Crippen molar-refractivity contribution in [2.24, 2.45) is 0 Å². The topological polar surface area (TPSA) is 18.5 Å². The fourth-order valence-corrected chi connectivity index (χ4v) is 1.06. The van der Waals surface area contributed by atoms with Gasteiger partial charge in [0.1, 0.15) is 18.1 Å². The molecule has 0 saturated heterocycles. The molecule has 0 unspecified atom stereocenters. The second kappa shape index (κ2) is 5.32. The Hall–Kier alpha value is -1.44. The van der Waals surface area contributed by atoms with Gasteiger partial charge in [0.15, 0.2) is 0 Å². The van der Waals surface area contributed by atoms with Crippen molar-refractivity contribution in [1.29, 1.82) is 0 Å². The van der Waals surface area contributed by atoms with Crippen molar-refractivity contribution in [1.82, 2.24) is 0 Å². The molecule has 2 heteroatoms. The molecule has 0 atom stereocenters. The van der Waals surface area contributed by atoms with E-state index in [0.717, 1.165) is 11.5 Å². The fraction of sp³-hybridized carbons (Fsp3) is 0.333. The van der Waals surface area contributed by atoms with Gasteiger partial charge >= 0.3 is 0 Å². The second-order valence-corrected chi connectivity index (χ2v) is 3.24. The van der Waals surface area contributed by atoms with Gasteiger partial charge in [-0.15, -0.1) is 0 Å². The summed E-state index contributed by atoms with van der Waals surface area (Å²) in [7, 11) is 0. The second-order valence-electron chi connectivity index (χ2n) is 3.24. The highest BCUT2D eigenvalue weighted by Crippen LogP contribution is 2.20. The van der Waals surface area contributed by atoms with E-state index in [1.165, 1.54) is 0 Å². The summed E-state index contributed by atoms with van der Waals surface area (Å²) in [5, 5.41) is 0. The largest absolute Gasteiger partial charge is 0.491 e. The van der Waals surface area contributed by atoms with Crippen LogP contribution >= 0.6 is 0 Å². The lowest BCUT2D eigenvalue weighted by molar-refractivity contribution is 0.241. The average Bonchev–Trinajstić information content (AvgIpc) is 2.14. The van der Waals surface area contributed by atoms with Crippen LogP contribution < -0.4 is 9.47 Å². The van der Waals surface area contributed by atoms with E-state index >= 15 is 0 Å². The molecule has 1 rings (SSSR count). The number of hydrogen-bond acceptors (Lipinski definition) is 2. The molecule has 0 bridgehead atoms. The molecular formula is C12H16O2. The van der Waals surface area contributed by atoms with E-state index in [0.29, 0.717) is 6.61 Å². The minimum Gasteiger partial charge on any atom is -0.491 e. The van der Waals surface area contributed by atoms with E-state index in [9.17, 15) is 0 Å². The monoisotopic (exact) mass is 192 g/mol. The standard InChI is InChI=1S/C12H16O2/c1-4-8-13-11-6-5-7-12(9-11)14-10(2)3/h4-7,9-10H,1,8H2,2-3H3. The van der Waals surface area contributed by atoms with Crippen molar-refractivity contribution in [3.63, 3.8) is 0 Å². The van der Waals surface area contributed by atoms with E-state index in [-0.39, 0.29) is 6.10 Å². The lowest BCUT2D eigenvalue weighted by Gasteiger charge is -2.10. The predicted molar refractivity (Wildman–Crippen MR) is 57.9 cm³/mol. The van der Waals surface area contributed by atoms with Gasteiger partial charge in [-0.25, -0.2) is 0 Å². The first kappa shape index (κ1) is 10.6. The van der Waals surface area contributed by atoms with Crippen LogP contribution in [0, 0.1) is 0 Å². The zero-order chi connectivity index (χ0) is 10.4. The molecular weight excluding hydrogens is 176 g/mol. The summed E-state index contributed by atoms with van der Waals surface area (Å²) in [6, 6.07) is 7.61. The van der Waals surface area contributed by atoms with Crippen LogP contribution in [0.15, 0.2) is 36.9 Å². The van der Waals surface area contributed by atoms with E-state index in [4.69, 9.17) is 9.47 Å². The average molecular weight is 192 g/mol. The van der Waals surface area contributed by atoms with Crippen molar-refractivity contribution in [3.05, 3.63) is 36.9 Å². The summed E-state index contributed by atoms with van der Waals surface area (Å²) in [5.74, 6) is 1.64. The van der Waals surface area contributed by atoms with Crippen molar-refractivity contribution in [3.8, 4) is 11.5 Å². The van der Waals surface area contributed by atoms with Gasteiger partial charge in [-0.3, -0.25) is 0 Å². The molecule has 14 heavy (non-hydrogen) atoms. The Morgan fingerprint density at radius 2 is 2.07 bits per heavy atom. The van der Waals surface area contributed by atoms with Crippen molar-refractivity contribution in [2.75, 3.05) is 6.61 Å². The maximum absolute atomic E-state index is 5.53. The smallest absolute Gasteiger partial charge is 0.123 e. The van der Waals surface area contributed by atoms with Gasteiger partial charge in [0, 0.05) is 6.07 Å². The molecule has 0 fully saturated rings. The number of rotatable bonds is 5. The summed E-state index contributed by atoms with van der Waals surface area (Å²) in [5.41, 5.74) is 0. The van der Waals surface area contributed by atoms with Crippen LogP contribution in [-0.4, -0.2) is 12.7 Å². The molecule has 0 aliphatic rings. The van der Waals surface area contributed by atoms with Gasteiger partial charge in [-0.2, -0.15) is 0 Å². The summed E-state index contributed by atoms with van der Waals surface area (Å²) >= 11 is 0. The number of ether oxygens (including phenoxy) is 2. The van der Waals surface area contributed by atoms with Crippen LogP contribution in [0.1, 0.15) is 13.8 Å². The van der Waals surface area contributed by atoms with Crippen LogP contribution in [-0.2, 0) is 0 Å². The fourth-order valence-electron chi connectivity index (χ4n) is 1.06. The SMILES string of the molecule is C=CCOc1cccc(OC(C)C)c1. The highest BCUT2D eigenvalue weighted by molar-refractivity contribution is 5.33. The number of benzene rings is 1. The van der Waals surface area contributed by atoms with Crippen LogP contribution in [0.3, 0.4) is 0 Å². The summed E-state index contributed by atoms with van der Waals surface area (Å²) in [4.78, 5) is 0. The van der Waals surface area contributed by atoms with E-state index in [1.807, 2.05) is 38.1 Å².